The molecule has 0 radical (unpaired) electrons. The number of ether oxygens (including phenoxy) is 1. The first-order valence-corrected chi connectivity index (χ1v) is 10.7. The van der Waals surface area contributed by atoms with Crippen LogP contribution in [0.2, 0.25) is 0 Å². The molecule has 0 bridgehead atoms. The number of nitrogens with one attached hydrogen (secondary N) is 1. The summed E-state index contributed by atoms with van der Waals surface area (Å²) in [6, 6.07) is 7.03. The maximum absolute atomic E-state index is 13.1. The van der Waals surface area contributed by atoms with Crippen LogP contribution in [-0.4, -0.2) is 47.0 Å². The van der Waals surface area contributed by atoms with Gasteiger partial charge in [-0.1, -0.05) is 25.1 Å². The Hall–Kier alpha value is -3.20. The summed E-state index contributed by atoms with van der Waals surface area (Å²) < 4.78 is 7.14. The average molecular weight is 443 g/mol. The van der Waals surface area contributed by atoms with Gasteiger partial charge in [0.2, 0.25) is 0 Å². The van der Waals surface area contributed by atoms with Crippen molar-refractivity contribution in [3.8, 4) is 5.75 Å². The van der Waals surface area contributed by atoms with Crippen molar-refractivity contribution in [3.63, 3.8) is 0 Å². The Morgan fingerprint density at radius 3 is 2.68 bits per heavy atom. The number of hydrogen-bond donors (Lipinski definition) is 1. The number of likely N-dealkylation sites (N-methyl/N-ethyl adjacent to an activating group) is 1. The summed E-state index contributed by atoms with van der Waals surface area (Å²) in [6.45, 7) is 3.64. The van der Waals surface area contributed by atoms with E-state index < -0.39 is 0 Å². The van der Waals surface area contributed by atoms with Crippen LogP contribution in [0.5, 0.6) is 5.75 Å². The third-order valence-electron chi connectivity index (χ3n) is 5.07. The number of nitrogens with zero attached hydrogens (tertiary/aromatic N) is 3. The molecule has 164 valence electrons. The monoisotopic (exact) mass is 442 g/mol. The Morgan fingerprint density at radius 1 is 1.29 bits per heavy atom. The molecule has 31 heavy (non-hydrogen) atoms. The number of hydrogen-bond acceptors (Lipinski definition) is 6. The standard InChI is InChI=1S/C22H26N4O4S/c1-6-15(14-9-7-8-10-16(14)30-11-17(27)25(3)4)24-20(28)19-13(2)18-21(31-19)23-12-26(5)22(18)29/h7-10,12,15H,6,11H2,1-5H3,(H,24,28). The Morgan fingerprint density at radius 2 is 2.00 bits per heavy atom. The molecule has 0 aliphatic rings. The first-order chi connectivity index (χ1) is 14.7. The summed E-state index contributed by atoms with van der Waals surface area (Å²) in [6.07, 6.45) is 2.08. The maximum atomic E-state index is 13.1. The van der Waals surface area contributed by atoms with Gasteiger partial charge in [-0.15, -0.1) is 11.3 Å². The van der Waals surface area contributed by atoms with Crippen LogP contribution in [0, 0.1) is 6.92 Å². The van der Waals surface area contributed by atoms with E-state index in [1.54, 1.807) is 34.1 Å². The zero-order valence-electron chi connectivity index (χ0n) is 18.3. The second-order valence-electron chi connectivity index (χ2n) is 7.45. The number of benzene rings is 1. The van der Waals surface area contributed by atoms with E-state index in [9.17, 15) is 14.4 Å². The molecule has 2 heterocycles. The van der Waals surface area contributed by atoms with E-state index >= 15 is 0 Å². The van der Waals surface area contributed by atoms with Gasteiger partial charge < -0.3 is 19.5 Å². The predicted octanol–water partition coefficient (Wildman–Crippen LogP) is 2.65. The van der Waals surface area contributed by atoms with Crippen LogP contribution >= 0.6 is 11.3 Å². The van der Waals surface area contributed by atoms with Crippen LogP contribution in [0.25, 0.3) is 10.2 Å². The van der Waals surface area contributed by atoms with Gasteiger partial charge in [-0.05, 0) is 25.0 Å². The van der Waals surface area contributed by atoms with Crippen molar-refractivity contribution >= 4 is 33.4 Å². The highest BCUT2D eigenvalue weighted by Gasteiger charge is 2.23. The number of aryl methyl sites for hydroxylation is 2. The van der Waals surface area contributed by atoms with Gasteiger partial charge in [-0.3, -0.25) is 14.4 Å². The van der Waals surface area contributed by atoms with Gasteiger partial charge in [0.15, 0.2) is 6.61 Å². The fourth-order valence-electron chi connectivity index (χ4n) is 3.22. The molecule has 3 aromatic rings. The topological polar surface area (TPSA) is 93.5 Å². The van der Waals surface area contributed by atoms with Crippen molar-refractivity contribution in [2.75, 3.05) is 20.7 Å². The largest absolute Gasteiger partial charge is 0.483 e. The van der Waals surface area contributed by atoms with Crippen molar-refractivity contribution in [1.82, 2.24) is 19.8 Å². The number of amides is 2. The lowest BCUT2D eigenvalue weighted by Crippen LogP contribution is -2.30. The van der Waals surface area contributed by atoms with Crippen LogP contribution in [0.3, 0.4) is 0 Å². The average Bonchev–Trinajstić information content (AvgIpc) is 3.10. The van der Waals surface area contributed by atoms with Gasteiger partial charge in [0, 0.05) is 26.7 Å². The second kappa shape index (κ2) is 9.30. The highest BCUT2D eigenvalue weighted by molar-refractivity contribution is 7.20. The van der Waals surface area contributed by atoms with Gasteiger partial charge in [0.05, 0.1) is 22.6 Å². The summed E-state index contributed by atoms with van der Waals surface area (Å²) in [5, 5.41) is 3.52. The van der Waals surface area contributed by atoms with Crippen molar-refractivity contribution in [2.24, 2.45) is 7.05 Å². The summed E-state index contributed by atoms with van der Waals surface area (Å²) >= 11 is 1.21. The third-order valence-corrected chi connectivity index (χ3v) is 6.27. The molecular formula is C22H26N4O4S. The fraction of sp³-hybridized carbons (Fsp3) is 0.364. The van der Waals surface area contributed by atoms with E-state index in [2.05, 4.69) is 10.3 Å². The van der Waals surface area contributed by atoms with Gasteiger partial charge in [0.1, 0.15) is 10.6 Å². The van der Waals surface area contributed by atoms with Crippen molar-refractivity contribution in [3.05, 3.63) is 57.0 Å². The minimum atomic E-state index is -0.321. The number of fused-ring (bicyclic) bond motifs is 1. The number of thiophene rings is 1. The molecular weight excluding hydrogens is 416 g/mol. The highest BCUT2D eigenvalue weighted by atomic mass is 32.1. The molecule has 0 spiro atoms. The van der Waals surface area contributed by atoms with Crippen molar-refractivity contribution in [2.45, 2.75) is 26.3 Å². The van der Waals surface area contributed by atoms with Crippen LogP contribution in [0.15, 0.2) is 35.4 Å². The second-order valence-corrected chi connectivity index (χ2v) is 8.44. The minimum absolute atomic E-state index is 0.0845. The normalized spacial score (nSPS) is 11.9. The summed E-state index contributed by atoms with van der Waals surface area (Å²) in [5.41, 5.74) is 1.24. The molecule has 0 aliphatic heterocycles. The van der Waals surface area contributed by atoms with Crippen molar-refractivity contribution < 1.29 is 14.3 Å². The van der Waals surface area contributed by atoms with E-state index in [0.717, 1.165) is 5.56 Å². The molecule has 2 aromatic heterocycles. The SMILES string of the molecule is CCC(NC(=O)c1sc2ncn(C)c(=O)c2c1C)c1ccccc1OCC(=O)N(C)C. The number of carbonyl (C=O) groups excluding carboxylic acids is 2. The van der Waals surface area contributed by atoms with E-state index in [1.807, 2.05) is 25.1 Å². The van der Waals surface area contributed by atoms with Crippen LogP contribution in [0.1, 0.15) is 40.2 Å². The van der Waals surface area contributed by atoms with E-state index in [1.165, 1.54) is 27.1 Å². The third kappa shape index (κ3) is 4.61. The highest BCUT2D eigenvalue weighted by Crippen LogP contribution is 2.30. The quantitative estimate of drug-likeness (QED) is 0.607. The van der Waals surface area contributed by atoms with Crippen LogP contribution in [-0.2, 0) is 11.8 Å². The minimum Gasteiger partial charge on any atom is -0.483 e. The molecule has 0 saturated carbocycles. The smallest absolute Gasteiger partial charge is 0.262 e. The molecule has 1 atom stereocenters. The predicted molar refractivity (Wildman–Crippen MR) is 121 cm³/mol. The molecule has 3 rings (SSSR count). The molecule has 1 N–H and O–H groups in total. The van der Waals surface area contributed by atoms with E-state index in [4.69, 9.17) is 4.74 Å². The molecule has 0 fully saturated rings. The van der Waals surface area contributed by atoms with Gasteiger partial charge in [0.25, 0.3) is 17.4 Å². The lowest BCUT2D eigenvalue weighted by Gasteiger charge is -2.21. The van der Waals surface area contributed by atoms with E-state index in [0.29, 0.717) is 32.8 Å². The lowest BCUT2D eigenvalue weighted by molar-refractivity contribution is -0.130. The number of aromatic nitrogens is 2. The molecule has 8 nitrogen and oxygen atoms in total. The van der Waals surface area contributed by atoms with Gasteiger partial charge in [-0.25, -0.2) is 4.98 Å². The number of para-hydroxylation sites is 1. The van der Waals surface area contributed by atoms with Gasteiger partial charge in [-0.2, -0.15) is 0 Å². The molecule has 1 unspecified atom stereocenters. The van der Waals surface area contributed by atoms with Crippen molar-refractivity contribution in [1.29, 1.82) is 0 Å². The molecule has 9 heteroatoms. The number of carbonyl (C=O) groups is 2. The summed E-state index contributed by atoms with van der Waals surface area (Å²) in [5.74, 6) is 0.129. The Balaban J connectivity index is 1.87. The first-order valence-electron chi connectivity index (χ1n) is 9.92. The van der Waals surface area contributed by atoms with Gasteiger partial charge >= 0.3 is 0 Å². The number of rotatable bonds is 7. The lowest BCUT2D eigenvalue weighted by atomic mass is 10.0. The zero-order valence-corrected chi connectivity index (χ0v) is 19.1. The Labute approximate surface area is 184 Å². The fourth-order valence-corrected chi connectivity index (χ4v) is 4.26. The first kappa shape index (κ1) is 22.5. The Bertz CT molecular complexity index is 1180. The molecule has 0 saturated heterocycles. The molecule has 1 aromatic carbocycles. The molecule has 0 aliphatic carbocycles. The van der Waals surface area contributed by atoms with E-state index in [-0.39, 0.29) is 30.0 Å². The summed E-state index contributed by atoms with van der Waals surface area (Å²) in [4.78, 5) is 44.2. The van der Waals surface area contributed by atoms with Crippen LogP contribution in [0.4, 0.5) is 0 Å². The van der Waals surface area contributed by atoms with Crippen LogP contribution < -0.4 is 15.6 Å². The molecule has 2 amide bonds. The zero-order chi connectivity index (χ0) is 22.7. The summed E-state index contributed by atoms with van der Waals surface area (Å²) in [7, 11) is 4.97. The Kier molecular flexibility index (Phi) is 6.74. The maximum Gasteiger partial charge on any atom is 0.262 e.